The molecule has 0 bridgehead atoms. The molecule has 0 unspecified atom stereocenters. The van der Waals surface area contributed by atoms with Gasteiger partial charge in [-0.1, -0.05) is 78.9 Å². The van der Waals surface area contributed by atoms with Crippen molar-refractivity contribution < 1.29 is 23.1 Å². The van der Waals surface area contributed by atoms with Crippen molar-refractivity contribution in [2.24, 2.45) is 0 Å². The zero-order chi connectivity index (χ0) is 26.7. The number of fused-ring (bicyclic) bond motifs is 1. The lowest BCUT2D eigenvalue weighted by Crippen LogP contribution is -2.07. The van der Waals surface area contributed by atoms with E-state index in [4.69, 9.17) is 5.11 Å². The number of rotatable bonds is 7. The third-order valence-corrected chi connectivity index (χ3v) is 6.64. The van der Waals surface area contributed by atoms with Crippen molar-refractivity contribution in [3.05, 3.63) is 137 Å². The number of alkyl halides is 3. The average molecular weight is 512 g/mol. The number of halogens is 3. The fourth-order valence-electron chi connectivity index (χ4n) is 4.77. The van der Waals surface area contributed by atoms with Crippen LogP contribution in [0.5, 0.6) is 0 Å². The minimum Gasteiger partial charge on any atom is -0.478 e. The number of aryl methyl sites for hydroxylation is 2. The Morgan fingerprint density at radius 1 is 0.763 bits per heavy atom. The normalized spacial score (nSPS) is 11.6. The Morgan fingerprint density at radius 2 is 1.45 bits per heavy atom. The SMILES string of the molecule is O=C(O)c1ccc(CCc2cccc(-c3c(Cc4ccccc4)cnc4c(C(F)(F)F)cccc34)c2)cc1. The number of aromatic carboxylic acids is 1. The molecule has 5 rings (SSSR count). The maximum absolute atomic E-state index is 13.8. The molecule has 0 radical (unpaired) electrons. The van der Waals surface area contributed by atoms with Crippen molar-refractivity contribution in [3.63, 3.8) is 0 Å². The highest BCUT2D eigenvalue weighted by molar-refractivity contribution is 5.98. The molecule has 0 aliphatic heterocycles. The van der Waals surface area contributed by atoms with Crippen LogP contribution in [0.2, 0.25) is 0 Å². The number of pyridine rings is 1. The molecule has 0 amide bonds. The lowest BCUT2D eigenvalue weighted by Gasteiger charge is -2.17. The van der Waals surface area contributed by atoms with Crippen LogP contribution < -0.4 is 0 Å². The molecule has 0 spiro atoms. The molecule has 3 nitrogen and oxygen atoms in total. The first-order valence-electron chi connectivity index (χ1n) is 12.2. The standard InChI is InChI=1S/C32H24F3NO2/c33-32(34,35)28-11-5-10-27-29(26(20-36-30(27)28)19-22-6-2-1-3-7-22)25-9-4-8-23(18-25)13-12-21-14-16-24(17-15-21)31(37)38/h1-11,14-18,20H,12-13,19H2,(H,37,38). The molecule has 5 aromatic rings. The molecule has 38 heavy (non-hydrogen) atoms. The van der Waals surface area contributed by atoms with E-state index in [1.54, 1.807) is 36.5 Å². The summed E-state index contributed by atoms with van der Waals surface area (Å²) in [5.41, 5.74) is 4.96. The van der Waals surface area contributed by atoms with E-state index < -0.39 is 17.7 Å². The summed E-state index contributed by atoms with van der Waals surface area (Å²) in [6, 6.07) is 28.7. The number of aromatic nitrogens is 1. The van der Waals surface area contributed by atoms with E-state index in [0.717, 1.165) is 39.4 Å². The molecule has 0 saturated carbocycles. The van der Waals surface area contributed by atoms with Gasteiger partial charge in [0.15, 0.2) is 0 Å². The molecule has 0 saturated heterocycles. The first kappa shape index (κ1) is 25.2. The van der Waals surface area contributed by atoms with Gasteiger partial charge >= 0.3 is 12.1 Å². The quantitative estimate of drug-likeness (QED) is 0.241. The summed E-state index contributed by atoms with van der Waals surface area (Å²) in [4.78, 5) is 15.4. The summed E-state index contributed by atoms with van der Waals surface area (Å²) in [6.45, 7) is 0. The number of carboxylic acid groups (broad SMARTS) is 1. The second kappa shape index (κ2) is 10.5. The highest BCUT2D eigenvalue weighted by Gasteiger charge is 2.33. The Bertz CT molecular complexity index is 1590. The number of carboxylic acids is 1. The number of benzene rings is 4. The third kappa shape index (κ3) is 5.44. The van der Waals surface area contributed by atoms with Crippen molar-refractivity contribution in [3.8, 4) is 11.1 Å². The topological polar surface area (TPSA) is 50.2 Å². The van der Waals surface area contributed by atoms with Gasteiger partial charge in [-0.2, -0.15) is 13.2 Å². The van der Waals surface area contributed by atoms with Gasteiger partial charge in [-0.05, 0) is 70.8 Å². The molecule has 1 heterocycles. The number of hydrogen-bond acceptors (Lipinski definition) is 2. The van der Waals surface area contributed by atoms with Crippen LogP contribution in [0, 0.1) is 0 Å². The Hall–Kier alpha value is -4.45. The molecule has 0 atom stereocenters. The van der Waals surface area contributed by atoms with Gasteiger partial charge in [-0.3, -0.25) is 4.98 Å². The zero-order valence-corrected chi connectivity index (χ0v) is 20.4. The van der Waals surface area contributed by atoms with Crippen molar-refractivity contribution >= 4 is 16.9 Å². The minimum atomic E-state index is -4.51. The summed E-state index contributed by atoms with van der Waals surface area (Å²) in [6.07, 6.45) is -1.00. The highest BCUT2D eigenvalue weighted by Crippen LogP contribution is 2.39. The molecule has 0 aliphatic rings. The Labute approximate surface area is 218 Å². The van der Waals surface area contributed by atoms with Crippen LogP contribution >= 0.6 is 0 Å². The van der Waals surface area contributed by atoms with E-state index >= 15 is 0 Å². The van der Waals surface area contributed by atoms with E-state index in [9.17, 15) is 18.0 Å². The molecular weight excluding hydrogens is 487 g/mol. The molecule has 190 valence electrons. The van der Waals surface area contributed by atoms with Crippen LogP contribution in [0.15, 0.2) is 103 Å². The van der Waals surface area contributed by atoms with Crippen LogP contribution in [0.1, 0.15) is 38.2 Å². The van der Waals surface area contributed by atoms with Gasteiger partial charge in [-0.25, -0.2) is 4.79 Å². The summed E-state index contributed by atoms with van der Waals surface area (Å²) >= 11 is 0. The summed E-state index contributed by atoms with van der Waals surface area (Å²) in [5, 5.41) is 9.58. The minimum absolute atomic E-state index is 0.0595. The summed E-state index contributed by atoms with van der Waals surface area (Å²) < 4.78 is 41.5. The van der Waals surface area contributed by atoms with E-state index in [2.05, 4.69) is 4.98 Å². The first-order valence-corrected chi connectivity index (χ1v) is 12.2. The largest absolute Gasteiger partial charge is 0.478 e. The number of nitrogens with zero attached hydrogens (tertiary/aromatic N) is 1. The highest BCUT2D eigenvalue weighted by atomic mass is 19.4. The zero-order valence-electron chi connectivity index (χ0n) is 20.4. The third-order valence-electron chi connectivity index (χ3n) is 6.64. The maximum Gasteiger partial charge on any atom is 0.418 e. The van der Waals surface area contributed by atoms with Crippen molar-refractivity contribution in [1.82, 2.24) is 4.98 Å². The predicted molar refractivity (Wildman–Crippen MR) is 142 cm³/mol. The lowest BCUT2D eigenvalue weighted by molar-refractivity contribution is -0.136. The summed E-state index contributed by atoms with van der Waals surface area (Å²) in [7, 11) is 0. The summed E-state index contributed by atoms with van der Waals surface area (Å²) in [5.74, 6) is -0.964. The average Bonchev–Trinajstić information content (AvgIpc) is 2.92. The molecule has 6 heteroatoms. The molecule has 4 aromatic carbocycles. The van der Waals surface area contributed by atoms with E-state index in [-0.39, 0.29) is 11.1 Å². The molecule has 1 N–H and O–H groups in total. The Morgan fingerprint density at radius 3 is 2.16 bits per heavy atom. The smallest absolute Gasteiger partial charge is 0.418 e. The van der Waals surface area contributed by atoms with E-state index in [0.29, 0.717) is 24.6 Å². The van der Waals surface area contributed by atoms with Crippen molar-refractivity contribution in [1.29, 1.82) is 0 Å². The van der Waals surface area contributed by atoms with Gasteiger partial charge in [0.25, 0.3) is 0 Å². The Kier molecular flexibility index (Phi) is 6.97. The van der Waals surface area contributed by atoms with Crippen LogP contribution in [-0.2, 0) is 25.4 Å². The van der Waals surface area contributed by atoms with Crippen LogP contribution in [0.4, 0.5) is 13.2 Å². The maximum atomic E-state index is 13.8. The molecule has 0 aliphatic carbocycles. The lowest BCUT2D eigenvalue weighted by atomic mass is 9.90. The van der Waals surface area contributed by atoms with Gasteiger partial charge < -0.3 is 5.11 Å². The van der Waals surface area contributed by atoms with Crippen LogP contribution in [-0.4, -0.2) is 16.1 Å². The van der Waals surface area contributed by atoms with Gasteiger partial charge in [0.05, 0.1) is 16.6 Å². The van der Waals surface area contributed by atoms with Gasteiger partial charge in [0.2, 0.25) is 0 Å². The number of para-hydroxylation sites is 1. The first-order chi connectivity index (χ1) is 18.3. The number of carbonyl (C=O) groups is 1. The predicted octanol–water partition coefficient (Wildman–Crippen LogP) is 7.99. The second-order valence-corrected chi connectivity index (χ2v) is 9.22. The van der Waals surface area contributed by atoms with Gasteiger partial charge in [0, 0.05) is 11.6 Å². The fourth-order valence-corrected chi connectivity index (χ4v) is 4.77. The van der Waals surface area contributed by atoms with Crippen molar-refractivity contribution in [2.45, 2.75) is 25.4 Å². The van der Waals surface area contributed by atoms with E-state index in [1.807, 2.05) is 54.6 Å². The van der Waals surface area contributed by atoms with Crippen LogP contribution in [0.25, 0.3) is 22.0 Å². The van der Waals surface area contributed by atoms with Crippen molar-refractivity contribution in [2.75, 3.05) is 0 Å². The Balaban J connectivity index is 1.55. The molecule has 1 aromatic heterocycles. The monoisotopic (exact) mass is 511 g/mol. The van der Waals surface area contributed by atoms with Crippen LogP contribution in [0.3, 0.4) is 0 Å². The number of hydrogen-bond donors (Lipinski definition) is 1. The molecular formula is C32H24F3NO2. The van der Waals surface area contributed by atoms with E-state index in [1.165, 1.54) is 6.07 Å². The molecule has 0 fully saturated rings. The van der Waals surface area contributed by atoms with Gasteiger partial charge in [-0.15, -0.1) is 0 Å². The fraction of sp³-hybridized carbons (Fsp3) is 0.125. The second-order valence-electron chi connectivity index (χ2n) is 9.22. The van der Waals surface area contributed by atoms with Gasteiger partial charge in [0.1, 0.15) is 0 Å².